The zero-order valence-electron chi connectivity index (χ0n) is 18.1. The van der Waals surface area contributed by atoms with Crippen molar-refractivity contribution in [1.29, 1.82) is 0 Å². The Morgan fingerprint density at radius 3 is 2.81 bits per heavy atom. The van der Waals surface area contributed by atoms with E-state index in [2.05, 4.69) is 34.4 Å². The molecule has 4 rings (SSSR count). The van der Waals surface area contributed by atoms with Crippen LogP contribution in [-0.4, -0.2) is 57.9 Å². The number of likely N-dealkylation sites (tertiary alicyclic amines) is 1. The molecule has 7 nitrogen and oxygen atoms in total. The number of hydrogen-bond acceptors (Lipinski definition) is 5. The molecule has 0 radical (unpaired) electrons. The number of carbonyl (C=O) groups excluding carboxylic acids is 2. The Hall–Kier alpha value is -2.96. The average molecular weight is 423 g/mol. The van der Waals surface area contributed by atoms with Crippen molar-refractivity contribution >= 4 is 11.8 Å². The average Bonchev–Trinajstić information content (AvgIpc) is 3.16. The third kappa shape index (κ3) is 5.03. The highest BCUT2D eigenvalue weighted by molar-refractivity contribution is 5.85. The maximum atomic E-state index is 13.6. The van der Waals surface area contributed by atoms with Crippen molar-refractivity contribution in [2.75, 3.05) is 26.2 Å². The number of rotatable bonds is 6. The van der Waals surface area contributed by atoms with E-state index in [1.807, 2.05) is 28.0 Å². The molecule has 0 unspecified atom stereocenters. The Kier molecular flexibility index (Phi) is 6.49. The fourth-order valence-electron chi connectivity index (χ4n) is 4.62. The Bertz CT molecular complexity index is 939. The molecule has 1 saturated heterocycles. The summed E-state index contributed by atoms with van der Waals surface area (Å²) in [4.78, 5) is 34.5. The smallest absolute Gasteiger partial charge is 0.231 e. The van der Waals surface area contributed by atoms with Crippen LogP contribution in [0.3, 0.4) is 0 Å². The summed E-state index contributed by atoms with van der Waals surface area (Å²) in [5, 5.41) is 3.77. The lowest BCUT2D eigenvalue weighted by atomic mass is 9.76. The van der Waals surface area contributed by atoms with Gasteiger partial charge in [-0.2, -0.15) is 4.98 Å². The standard InChI is InChI=1S/C24H30N4O3/c1-19-25-21(31-26-19)10-11-22(29)28-16-7-14-24(18-28)13-5-6-15-27(23(24)30)17-12-20-8-3-2-4-9-20/h2-6,8-9H,7,10-18H2,1H3/t24-/m0/s1. The number of carbonyl (C=O) groups is 2. The van der Waals surface area contributed by atoms with Gasteiger partial charge in [0, 0.05) is 39.0 Å². The Balaban J connectivity index is 1.40. The van der Waals surface area contributed by atoms with Crippen LogP contribution in [0.4, 0.5) is 0 Å². The molecule has 1 atom stereocenters. The van der Waals surface area contributed by atoms with Crippen LogP contribution in [-0.2, 0) is 22.4 Å². The van der Waals surface area contributed by atoms with Crippen LogP contribution in [0.25, 0.3) is 0 Å². The summed E-state index contributed by atoms with van der Waals surface area (Å²) in [6.07, 6.45) is 8.16. The minimum Gasteiger partial charge on any atom is -0.342 e. The van der Waals surface area contributed by atoms with E-state index in [0.717, 1.165) is 19.3 Å². The van der Waals surface area contributed by atoms with Crippen molar-refractivity contribution < 1.29 is 14.1 Å². The van der Waals surface area contributed by atoms with Gasteiger partial charge in [0.15, 0.2) is 5.82 Å². The first-order valence-electron chi connectivity index (χ1n) is 11.1. The van der Waals surface area contributed by atoms with E-state index in [0.29, 0.717) is 57.2 Å². The highest BCUT2D eigenvalue weighted by atomic mass is 16.5. The van der Waals surface area contributed by atoms with E-state index in [9.17, 15) is 9.59 Å². The maximum absolute atomic E-state index is 13.6. The van der Waals surface area contributed by atoms with Gasteiger partial charge in [-0.05, 0) is 38.2 Å². The van der Waals surface area contributed by atoms with Gasteiger partial charge in [0.2, 0.25) is 17.7 Å². The van der Waals surface area contributed by atoms with Gasteiger partial charge in [-0.25, -0.2) is 0 Å². The molecule has 0 N–H and O–H groups in total. The molecule has 3 heterocycles. The molecule has 2 aliphatic rings. The van der Waals surface area contributed by atoms with Gasteiger partial charge in [-0.3, -0.25) is 9.59 Å². The molecule has 2 aliphatic heterocycles. The van der Waals surface area contributed by atoms with Gasteiger partial charge in [0.1, 0.15) is 0 Å². The summed E-state index contributed by atoms with van der Waals surface area (Å²) in [6.45, 7) is 4.28. The quantitative estimate of drug-likeness (QED) is 0.669. The van der Waals surface area contributed by atoms with Crippen molar-refractivity contribution in [2.24, 2.45) is 5.41 Å². The molecule has 7 heteroatoms. The molecule has 31 heavy (non-hydrogen) atoms. The molecule has 0 saturated carbocycles. The molecule has 1 spiro atoms. The first-order valence-corrected chi connectivity index (χ1v) is 11.1. The van der Waals surface area contributed by atoms with E-state index in [1.165, 1.54) is 5.56 Å². The molecule has 2 aromatic rings. The number of hydrogen-bond donors (Lipinski definition) is 0. The predicted octanol–water partition coefficient (Wildman–Crippen LogP) is 2.95. The molecule has 1 aromatic heterocycles. The molecule has 1 fully saturated rings. The molecule has 0 aliphatic carbocycles. The van der Waals surface area contributed by atoms with Crippen LogP contribution in [0.2, 0.25) is 0 Å². The lowest BCUT2D eigenvalue weighted by Crippen LogP contribution is -2.54. The topological polar surface area (TPSA) is 79.5 Å². The minimum atomic E-state index is -0.515. The minimum absolute atomic E-state index is 0.0480. The van der Waals surface area contributed by atoms with Gasteiger partial charge in [0.25, 0.3) is 0 Å². The van der Waals surface area contributed by atoms with Crippen LogP contribution in [0.1, 0.15) is 43.0 Å². The second-order valence-electron chi connectivity index (χ2n) is 8.60. The second-order valence-corrected chi connectivity index (χ2v) is 8.60. The molecule has 0 bridgehead atoms. The van der Waals surface area contributed by atoms with Crippen LogP contribution < -0.4 is 0 Å². The third-order valence-electron chi connectivity index (χ3n) is 6.31. The molecular formula is C24H30N4O3. The monoisotopic (exact) mass is 422 g/mol. The second kappa shape index (κ2) is 9.45. The number of aromatic nitrogens is 2. The number of allylic oxidation sites excluding steroid dienone is 1. The van der Waals surface area contributed by atoms with Crippen molar-refractivity contribution in [3.63, 3.8) is 0 Å². The van der Waals surface area contributed by atoms with Crippen molar-refractivity contribution in [3.05, 3.63) is 59.8 Å². The van der Waals surface area contributed by atoms with Crippen LogP contribution >= 0.6 is 0 Å². The summed E-state index contributed by atoms with van der Waals surface area (Å²) in [5.41, 5.74) is 0.716. The van der Waals surface area contributed by atoms with E-state index in [4.69, 9.17) is 4.52 Å². The zero-order chi connectivity index (χ0) is 21.7. The van der Waals surface area contributed by atoms with E-state index in [-0.39, 0.29) is 11.8 Å². The Labute approximate surface area is 183 Å². The highest BCUT2D eigenvalue weighted by Crippen LogP contribution is 2.37. The van der Waals surface area contributed by atoms with Gasteiger partial charge in [0.05, 0.1) is 5.41 Å². The first-order chi connectivity index (χ1) is 15.1. The van der Waals surface area contributed by atoms with Gasteiger partial charge < -0.3 is 14.3 Å². The lowest BCUT2D eigenvalue weighted by molar-refractivity contribution is -0.148. The van der Waals surface area contributed by atoms with Gasteiger partial charge >= 0.3 is 0 Å². The fourth-order valence-corrected chi connectivity index (χ4v) is 4.62. The van der Waals surface area contributed by atoms with Crippen LogP contribution in [0, 0.1) is 12.3 Å². The SMILES string of the molecule is Cc1noc(CCC(=O)N2CCC[C@@]3(CC=CCN(CCc4ccccc4)C3=O)C2)n1. The number of aryl methyl sites for hydroxylation is 2. The number of nitrogens with zero attached hydrogens (tertiary/aromatic N) is 4. The molecular weight excluding hydrogens is 392 g/mol. The van der Waals surface area contributed by atoms with Gasteiger partial charge in [-0.1, -0.05) is 47.6 Å². The van der Waals surface area contributed by atoms with Crippen LogP contribution in [0.15, 0.2) is 47.0 Å². The third-order valence-corrected chi connectivity index (χ3v) is 6.31. The fraction of sp³-hybridized carbons (Fsp3) is 0.500. The summed E-state index contributed by atoms with van der Waals surface area (Å²) < 4.78 is 5.12. The number of benzene rings is 1. The normalized spacial score (nSPS) is 21.5. The highest BCUT2D eigenvalue weighted by Gasteiger charge is 2.45. The first kappa shape index (κ1) is 21.3. The van der Waals surface area contributed by atoms with Crippen molar-refractivity contribution in [2.45, 2.75) is 45.4 Å². The van der Waals surface area contributed by atoms with E-state index >= 15 is 0 Å². The zero-order valence-corrected chi connectivity index (χ0v) is 18.1. The van der Waals surface area contributed by atoms with Crippen LogP contribution in [0.5, 0.6) is 0 Å². The van der Waals surface area contributed by atoms with E-state index < -0.39 is 5.41 Å². The summed E-state index contributed by atoms with van der Waals surface area (Å²) in [5.74, 6) is 1.29. The predicted molar refractivity (Wildman–Crippen MR) is 116 cm³/mol. The van der Waals surface area contributed by atoms with Gasteiger partial charge in [-0.15, -0.1) is 0 Å². The van der Waals surface area contributed by atoms with Crippen molar-refractivity contribution in [1.82, 2.24) is 19.9 Å². The molecule has 2 amide bonds. The Morgan fingerprint density at radius 2 is 2.03 bits per heavy atom. The summed E-state index contributed by atoms with van der Waals surface area (Å²) in [6, 6.07) is 10.3. The summed E-state index contributed by atoms with van der Waals surface area (Å²) in [7, 11) is 0. The number of amides is 2. The van der Waals surface area contributed by atoms with Crippen molar-refractivity contribution in [3.8, 4) is 0 Å². The molecule has 1 aromatic carbocycles. The lowest BCUT2D eigenvalue weighted by Gasteiger charge is -2.43. The number of piperidine rings is 1. The molecule has 164 valence electrons. The Morgan fingerprint density at radius 1 is 1.19 bits per heavy atom. The van der Waals surface area contributed by atoms with E-state index in [1.54, 1.807) is 6.92 Å². The largest absolute Gasteiger partial charge is 0.342 e. The maximum Gasteiger partial charge on any atom is 0.231 e. The summed E-state index contributed by atoms with van der Waals surface area (Å²) >= 11 is 0.